The summed E-state index contributed by atoms with van der Waals surface area (Å²) in [5.41, 5.74) is 1.29. The summed E-state index contributed by atoms with van der Waals surface area (Å²) in [5, 5.41) is 5.27. The molecule has 10 heteroatoms. The van der Waals surface area contributed by atoms with E-state index in [1.807, 2.05) is 30.3 Å². The molecule has 2 aliphatic rings. The monoisotopic (exact) mass is 499 g/mol. The minimum absolute atomic E-state index is 0.0461. The van der Waals surface area contributed by atoms with Crippen molar-refractivity contribution in [1.82, 2.24) is 19.6 Å². The molecule has 1 aliphatic heterocycles. The van der Waals surface area contributed by atoms with Gasteiger partial charge in [0.05, 0.1) is 28.3 Å². The van der Waals surface area contributed by atoms with E-state index in [1.165, 1.54) is 16.4 Å². The number of anilines is 1. The number of benzene rings is 1. The van der Waals surface area contributed by atoms with Gasteiger partial charge in [-0.2, -0.15) is 0 Å². The molecule has 9 nitrogen and oxygen atoms in total. The topological polar surface area (TPSA) is 105 Å². The third-order valence-corrected chi connectivity index (χ3v) is 7.82. The predicted octanol–water partition coefficient (Wildman–Crippen LogP) is 2.06. The number of rotatable bonds is 8. The first-order chi connectivity index (χ1) is 16.8. The molecule has 1 aromatic carbocycles. The third kappa shape index (κ3) is 5.80. The summed E-state index contributed by atoms with van der Waals surface area (Å²) in [6.07, 6.45) is 3.68. The minimum Gasteiger partial charge on any atom is -0.353 e. The quantitative estimate of drug-likeness (QED) is 0.579. The number of likely N-dealkylation sites (tertiary alicyclic amines) is 1. The number of piperidine rings is 1. The van der Waals surface area contributed by atoms with Crippen molar-refractivity contribution in [3.63, 3.8) is 0 Å². The molecule has 1 aliphatic carbocycles. The van der Waals surface area contributed by atoms with Gasteiger partial charge in [0.15, 0.2) is 0 Å². The van der Waals surface area contributed by atoms with E-state index in [4.69, 9.17) is 0 Å². The van der Waals surface area contributed by atoms with Crippen LogP contribution in [0.4, 0.5) is 5.69 Å². The molecule has 1 saturated carbocycles. The lowest BCUT2D eigenvalue weighted by atomic mass is 9.97. The molecule has 2 fully saturated rings. The maximum Gasteiger partial charge on any atom is 0.295 e. The first-order valence-corrected chi connectivity index (χ1v) is 13.2. The Balaban J connectivity index is 1.32. The van der Waals surface area contributed by atoms with E-state index in [1.54, 1.807) is 30.5 Å². The zero-order chi connectivity index (χ0) is 25.1. The molecule has 0 radical (unpaired) electrons. The summed E-state index contributed by atoms with van der Waals surface area (Å²) in [4.78, 5) is 52.8. The maximum absolute atomic E-state index is 13.0. The van der Waals surface area contributed by atoms with Gasteiger partial charge in [-0.15, -0.1) is 11.8 Å². The third-order valence-electron chi connectivity index (χ3n) is 6.70. The Labute approximate surface area is 209 Å². The summed E-state index contributed by atoms with van der Waals surface area (Å²) in [6, 6.07) is 9.55. The SMILES string of the molecule is Cc1c(NC(=O)C(C)SCC(=O)N2CCCC(C(=O)NC3CC3)C2)c(=O)n(-c2ccccc2)n1C. The van der Waals surface area contributed by atoms with Crippen molar-refractivity contribution in [2.24, 2.45) is 13.0 Å². The molecule has 0 spiro atoms. The van der Waals surface area contributed by atoms with Crippen LogP contribution in [-0.4, -0.2) is 62.1 Å². The van der Waals surface area contributed by atoms with E-state index in [9.17, 15) is 19.2 Å². The Morgan fingerprint density at radius 2 is 1.86 bits per heavy atom. The number of nitrogens with zero attached hydrogens (tertiary/aromatic N) is 3. The number of carbonyl (C=O) groups is 3. The Morgan fingerprint density at radius 3 is 2.54 bits per heavy atom. The zero-order valence-electron chi connectivity index (χ0n) is 20.5. The lowest BCUT2D eigenvalue weighted by Crippen LogP contribution is -2.46. The second-order valence-corrected chi connectivity index (χ2v) is 10.7. The second-order valence-electron chi connectivity index (χ2n) is 9.34. The number of hydrogen-bond acceptors (Lipinski definition) is 5. The minimum atomic E-state index is -0.526. The lowest BCUT2D eigenvalue weighted by molar-refractivity contribution is -0.133. The van der Waals surface area contributed by atoms with Gasteiger partial charge in [-0.1, -0.05) is 18.2 Å². The molecule has 1 aromatic heterocycles. The van der Waals surface area contributed by atoms with Gasteiger partial charge < -0.3 is 15.5 Å². The Hall–Kier alpha value is -3.01. The van der Waals surface area contributed by atoms with Crippen molar-refractivity contribution in [2.75, 3.05) is 24.2 Å². The van der Waals surface area contributed by atoms with Crippen molar-refractivity contribution in [3.8, 4) is 5.69 Å². The van der Waals surface area contributed by atoms with E-state index in [0.717, 1.165) is 25.7 Å². The highest BCUT2D eigenvalue weighted by molar-refractivity contribution is 8.01. The van der Waals surface area contributed by atoms with E-state index in [0.29, 0.717) is 30.5 Å². The van der Waals surface area contributed by atoms with Gasteiger partial charge in [0.25, 0.3) is 5.56 Å². The van der Waals surface area contributed by atoms with Crippen molar-refractivity contribution < 1.29 is 14.4 Å². The normalized spacial score (nSPS) is 18.7. The molecule has 188 valence electrons. The number of amides is 3. The molecule has 2 heterocycles. The van der Waals surface area contributed by atoms with Crippen LogP contribution in [0.2, 0.25) is 0 Å². The summed E-state index contributed by atoms with van der Waals surface area (Å²) in [5.74, 6) is -0.361. The lowest BCUT2D eigenvalue weighted by Gasteiger charge is -2.32. The van der Waals surface area contributed by atoms with Gasteiger partial charge in [-0.05, 0) is 51.7 Å². The largest absolute Gasteiger partial charge is 0.353 e. The molecule has 2 aromatic rings. The fraction of sp³-hybridized carbons (Fsp3) is 0.520. The number of aromatic nitrogens is 2. The van der Waals surface area contributed by atoms with Crippen LogP contribution >= 0.6 is 11.8 Å². The highest BCUT2D eigenvalue weighted by Crippen LogP contribution is 2.23. The summed E-state index contributed by atoms with van der Waals surface area (Å²) in [6.45, 7) is 4.57. The first-order valence-electron chi connectivity index (χ1n) is 12.1. The number of para-hydroxylation sites is 1. The van der Waals surface area contributed by atoms with E-state index < -0.39 is 5.25 Å². The van der Waals surface area contributed by atoms with Crippen molar-refractivity contribution in [1.29, 1.82) is 0 Å². The fourth-order valence-corrected chi connectivity index (χ4v) is 5.05. The van der Waals surface area contributed by atoms with E-state index in [-0.39, 0.29) is 40.6 Å². The van der Waals surface area contributed by atoms with Crippen LogP contribution in [0.15, 0.2) is 35.1 Å². The standard InChI is InChI=1S/C25H33N5O4S/c1-16-22(25(34)30(28(16)3)20-9-5-4-6-10-20)27-23(32)17(2)35-15-21(31)29-13-7-8-18(14-29)24(33)26-19-11-12-19/h4-6,9-10,17-19H,7-8,11-15H2,1-3H3,(H,26,33)(H,27,32). The summed E-state index contributed by atoms with van der Waals surface area (Å²) >= 11 is 1.24. The van der Waals surface area contributed by atoms with Gasteiger partial charge in [-0.25, -0.2) is 4.68 Å². The summed E-state index contributed by atoms with van der Waals surface area (Å²) < 4.78 is 3.22. The number of carbonyl (C=O) groups excluding carboxylic acids is 3. The van der Waals surface area contributed by atoms with E-state index in [2.05, 4.69) is 10.6 Å². The molecule has 4 rings (SSSR count). The Kier molecular flexibility index (Phi) is 7.69. The fourth-order valence-electron chi connectivity index (χ4n) is 4.26. The number of hydrogen-bond donors (Lipinski definition) is 2. The van der Waals surface area contributed by atoms with Crippen LogP contribution in [-0.2, 0) is 21.4 Å². The predicted molar refractivity (Wildman–Crippen MR) is 137 cm³/mol. The van der Waals surface area contributed by atoms with Gasteiger partial charge in [0.2, 0.25) is 17.7 Å². The van der Waals surface area contributed by atoms with Gasteiger partial charge in [-0.3, -0.25) is 23.9 Å². The van der Waals surface area contributed by atoms with E-state index >= 15 is 0 Å². The Bertz CT molecular complexity index is 1150. The molecule has 35 heavy (non-hydrogen) atoms. The molecular formula is C25H33N5O4S. The molecular weight excluding hydrogens is 466 g/mol. The second kappa shape index (κ2) is 10.7. The molecule has 1 saturated heterocycles. The van der Waals surface area contributed by atoms with Gasteiger partial charge in [0.1, 0.15) is 5.69 Å². The van der Waals surface area contributed by atoms with Crippen molar-refractivity contribution in [2.45, 2.75) is 50.8 Å². The maximum atomic E-state index is 13.0. The van der Waals surface area contributed by atoms with Gasteiger partial charge >= 0.3 is 0 Å². The number of nitrogens with one attached hydrogen (secondary N) is 2. The zero-order valence-corrected chi connectivity index (χ0v) is 21.3. The number of thioether (sulfide) groups is 1. The molecule has 0 bridgehead atoms. The molecule has 2 N–H and O–H groups in total. The molecule has 3 amide bonds. The van der Waals surface area contributed by atoms with Crippen molar-refractivity contribution in [3.05, 3.63) is 46.4 Å². The van der Waals surface area contributed by atoms with Crippen LogP contribution in [0.1, 0.15) is 38.3 Å². The smallest absolute Gasteiger partial charge is 0.295 e. The molecule has 2 unspecified atom stereocenters. The van der Waals surface area contributed by atoms with Crippen LogP contribution in [0, 0.1) is 12.8 Å². The van der Waals surface area contributed by atoms with Crippen LogP contribution in [0.25, 0.3) is 5.69 Å². The average molecular weight is 500 g/mol. The highest BCUT2D eigenvalue weighted by Gasteiger charge is 2.32. The molecule has 2 atom stereocenters. The summed E-state index contributed by atoms with van der Waals surface area (Å²) in [7, 11) is 1.77. The van der Waals surface area contributed by atoms with Crippen LogP contribution in [0.5, 0.6) is 0 Å². The Morgan fingerprint density at radius 1 is 1.14 bits per heavy atom. The van der Waals surface area contributed by atoms with Crippen LogP contribution < -0.4 is 16.2 Å². The average Bonchev–Trinajstić information content (AvgIpc) is 3.66. The van der Waals surface area contributed by atoms with Gasteiger partial charge in [0, 0.05) is 26.2 Å². The van der Waals surface area contributed by atoms with Crippen molar-refractivity contribution >= 4 is 35.2 Å². The first kappa shape index (κ1) is 25.1. The highest BCUT2D eigenvalue weighted by atomic mass is 32.2. The van der Waals surface area contributed by atoms with Crippen LogP contribution in [0.3, 0.4) is 0 Å².